The monoisotopic (exact) mass is 234 g/mol. The number of hydrazine groups is 1. The zero-order chi connectivity index (χ0) is 5.98. The van der Waals surface area contributed by atoms with E-state index in [0.29, 0.717) is 13.0 Å². The van der Waals surface area contributed by atoms with E-state index < -0.39 is 0 Å². The molecule has 0 aromatic heterocycles. The molecule has 4 nitrogen and oxygen atoms in total. The van der Waals surface area contributed by atoms with Crippen molar-refractivity contribution in [3.8, 4) is 0 Å². The Bertz CT molecular complexity index is 113. The van der Waals surface area contributed by atoms with Crippen LogP contribution in [0, 0.1) is 0 Å². The standard InChI is InChI=1S/C4H8N2O2.BrH.K/c7-3-6-2-1-4(8)5-6;;/h7H,1-3H2,(H,5,8);1H;/q;;+1/p-1. The molecule has 0 aliphatic carbocycles. The molecule has 1 amide bonds. The van der Waals surface area contributed by atoms with Gasteiger partial charge in [-0.3, -0.25) is 10.2 Å². The second-order valence-electron chi connectivity index (χ2n) is 1.69. The van der Waals surface area contributed by atoms with E-state index in [9.17, 15) is 4.79 Å². The Morgan fingerprint density at radius 2 is 2.30 bits per heavy atom. The molecule has 0 saturated carbocycles. The summed E-state index contributed by atoms with van der Waals surface area (Å²) in [5.41, 5.74) is 2.45. The van der Waals surface area contributed by atoms with E-state index >= 15 is 0 Å². The number of aliphatic hydroxyl groups is 1. The molecular formula is C4H8BrKN2O2. The Labute approximate surface area is 112 Å². The third-order valence-corrected chi connectivity index (χ3v) is 1.06. The van der Waals surface area contributed by atoms with E-state index in [0.717, 1.165) is 0 Å². The van der Waals surface area contributed by atoms with Crippen molar-refractivity contribution in [2.24, 2.45) is 0 Å². The van der Waals surface area contributed by atoms with E-state index in [1.54, 1.807) is 0 Å². The molecule has 0 spiro atoms. The van der Waals surface area contributed by atoms with E-state index in [1.807, 2.05) is 0 Å². The number of aliphatic hydroxyl groups excluding tert-OH is 1. The molecular weight excluding hydrogens is 227 g/mol. The van der Waals surface area contributed by atoms with Crippen LogP contribution in [0.4, 0.5) is 0 Å². The fourth-order valence-corrected chi connectivity index (χ4v) is 0.631. The van der Waals surface area contributed by atoms with Crippen LogP contribution < -0.4 is 73.8 Å². The second kappa shape index (κ2) is 7.17. The summed E-state index contributed by atoms with van der Waals surface area (Å²) in [4.78, 5) is 10.3. The zero-order valence-corrected chi connectivity index (χ0v) is 10.5. The number of halogens is 1. The molecule has 54 valence electrons. The molecule has 10 heavy (non-hydrogen) atoms. The van der Waals surface area contributed by atoms with Crippen LogP contribution in [-0.4, -0.2) is 29.3 Å². The maximum atomic E-state index is 10.3. The molecule has 1 aliphatic rings. The Balaban J connectivity index is 0. The van der Waals surface area contributed by atoms with Gasteiger partial charge in [-0.05, 0) is 0 Å². The molecule has 0 aromatic carbocycles. The summed E-state index contributed by atoms with van der Waals surface area (Å²) in [6, 6.07) is 0. The van der Waals surface area contributed by atoms with Gasteiger partial charge in [-0.15, -0.1) is 0 Å². The summed E-state index contributed by atoms with van der Waals surface area (Å²) in [5, 5.41) is 9.86. The van der Waals surface area contributed by atoms with Gasteiger partial charge in [-0.25, -0.2) is 0 Å². The number of carbonyl (C=O) groups excluding carboxylic acids is 1. The molecule has 2 N–H and O–H groups in total. The number of carbonyl (C=O) groups is 1. The third-order valence-electron chi connectivity index (χ3n) is 1.06. The molecule has 1 heterocycles. The second-order valence-corrected chi connectivity index (χ2v) is 1.69. The fourth-order valence-electron chi connectivity index (χ4n) is 0.631. The molecule has 0 unspecified atom stereocenters. The summed E-state index contributed by atoms with van der Waals surface area (Å²) in [6.45, 7) is 0.529. The SMILES string of the molecule is O=C1CCN(CO)N1.[Br-].[K+]. The van der Waals surface area contributed by atoms with Gasteiger partial charge in [0.25, 0.3) is 0 Å². The van der Waals surface area contributed by atoms with Crippen molar-refractivity contribution in [3.63, 3.8) is 0 Å². The maximum absolute atomic E-state index is 10.3. The van der Waals surface area contributed by atoms with Crippen LogP contribution in [0.5, 0.6) is 0 Å². The van der Waals surface area contributed by atoms with E-state index in [1.165, 1.54) is 5.01 Å². The molecule has 0 radical (unpaired) electrons. The van der Waals surface area contributed by atoms with Crippen molar-refractivity contribution in [1.29, 1.82) is 0 Å². The Hall–Kier alpha value is 1.51. The number of hydrogen-bond donors (Lipinski definition) is 2. The van der Waals surface area contributed by atoms with Crippen LogP contribution >= 0.6 is 0 Å². The van der Waals surface area contributed by atoms with Gasteiger partial charge in [-0.2, -0.15) is 5.01 Å². The quantitative estimate of drug-likeness (QED) is 0.444. The number of hydrogen-bond acceptors (Lipinski definition) is 3. The van der Waals surface area contributed by atoms with Crippen molar-refractivity contribution in [3.05, 3.63) is 0 Å². The Kier molecular flexibility index (Phi) is 10.1. The third kappa shape index (κ3) is 4.40. The van der Waals surface area contributed by atoms with Gasteiger partial charge in [0.1, 0.15) is 6.73 Å². The summed E-state index contributed by atoms with van der Waals surface area (Å²) in [6.07, 6.45) is 0.501. The average molecular weight is 235 g/mol. The van der Waals surface area contributed by atoms with Crippen LogP contribution in [0.3, 0.4) is 0 Å². The molecule has 0 atom stereocenters. The molecule has 1 fully saturated rings. The number of amides is 1. The summed E-state index contributed by atoms with van der Waals surface area (Å²) in [5.74, 6) is -0.0148. The van der Waals surface area contributed by atoms with Gasteiger partial charge in [0.2, 0.25) is 5.91 Å². The first-order valence-corrected chi connectivity index (χ1v) is 2.48. The van der Waals surface area contributed by atoms with E-state index in [-0.39, 0.29) is 81.0 Å². The number of nitrogens with zero attached hydrogens (tertiary/aromatic N) is 1. The van der Waals surface area contributed by atoms with Crippen LogP contribution in [0.25, 0.3) is 0 Å². The average Bonchev–Trinajstić information content (AvgIpc) is 2.14. The molecule has 0 bridgehead atoms. The van der Waals surface area contributed by atoms with Crippen LogP contribution in [0.2, 0.25) is 0 Å². The van der Waals surface area contributed by atoms with Gasteiger partial charge in [0, 0.05) is 13.0 Å². The van der Waals surface area contributed by atoms with Crippen LogP contribution in [-0.2, 0) is 4.79 Å². The minimum absolute atomic E-state index is 0. The van der Waals surface area contributed by atoms with Crippen molar-refractivity contribution in [2.75, 3.05) is 13.3 Å². The molecule has 0 aromatic rings. The Morgan fingerprint density at radius 3 is 2.50 bits per heavy atom. The van der Waals surface area contributed by atoms with Gasteiger partial charge >= 0.3 is 51.4 Å². The van der Waals surface area contributed by atoms with Crippen molar-refractivity contribution in [2.45, 2.75) is 6.42 Å². The number of nitrogens with one attached hydrogen (secondary N) is 1. The largest absolute Gasteiger partial charge is 1.00 e. The topological polar surface area (TPSA) is 52.6 Å². The molecule has 1 aliphatic heterocycles. The van der Waals surface area contributed by atoms with Crippen molar-refractivity contribution >= 4 is 5.91 Å². The van der Waals surface area contributed by atoms with Gasteiger partial charge in [-0.1, -0.05) is 0 Å². The predicted octanol–water partition coefficient (Wildman–Crippen LogP) is -7.32. The Morgan fingerprint density at radius 1 is 1.70 bits per heavy atom. The maximum Gasteiger partial charge on any atom is 1.00 e. The first-order valence-electron chi connectivity index (χ1n) is 2.48. The van der Waals surface area contributed by atoms with Gasteiger partial charge in [0.15, 0.2) is 0 Å². The first kappa shape index (κ1) is 14.1. The minimum atomic E-state index is -0.0915. The smallest absolute Gasteiger partial charge is 1.00 e. The van der Waals surface area contributed by atoms with Crippen LogP contribution in [0.15, 0.2) is 0 Å². The molecule has 1 saturated heterocycles. The zero-order valence-electron chi connectivity index (χ0n) is 5.80. The van der Waals surface area contributed by atoms with E-state index in [2.05, 4.69) is 5.43 Å². The predicted molar refractivity (Wildman–Crippen MR) is 26.6 cm³/mol. The van der Waals surface area contributed by atoms with Crippen molar-refractivity contribution < 1.29 is 78.3 Å². The summed E-state index contributed by atoms with van der Waals surface area (Å²) < 4.78 is 0. The normalized spacial score (nSPS) is 17.1. The number of rotatable bonds is 1. The fraction of sp³-hybridized carbons (Fsp3) is 0.750. The van der Waals surface area contributed by atoms with Gasteiger partial charge < -0.3 is 22.1 Å². The van der Waals surface area contributed by atoms with E-state index in [4.69, 9.17) is 5.11 Å². The first-order chi connectivity index (χ1) is 3.83. The van der Waals surface area contributed by atoms with Gasteiger partial charge in [0.05, 0.1) is 0 Å². The summed E-state index contributed by atoms with van der Waals surface area (Å²) >= 11 is 0. The summed E-state index contributed by atoms with van der Waals surface area (Å²) in [7, 11) is 0. The van der Waals surface area contributed by atoms with Crippen molar-refractivity contribution in [1.82, 2.24) is 10.4 Å². The molecule has 6 heteroatoms. The van der Waals surface area contributed by atoms with Crippen LogP contribution in [0.1, 0.15) is 6.42 Å². The minimum Gasteiger partial charge on any atom is -1.00 e. The molecule has 1 rings (SSSR count).